The molecule has 0 fully saturated rings. The smallest absolute Gasteiger partial charge is 0.256 e. The minimum absolute atomic E-state index is 0.202. The van der Waals surface area contributed by atoms with Crippen LogP contribution in [0.25, 0.3) is 0 Å². The number of hydrogen-bond donors (Lipinski definition) is 2. The molecule has 34 heavy (non-hydrogen) atoms. The van der Waals surface area contributed by atoms with Crippen molar-refractivity contribution in [1.29, 1.82) is 0 Å². The summed E-state index contributed by atoms with van der Waals surface area (Å²) in [7, 11) is 4.09. The Labute approximate surface area is 201 Å². The fourth-order valence-electron chi connectivity index (χ4n) is 3.59. The maximum absolute atomic E-state index is 13.0. The zero-order valence-electron chi connectivity index (χ0n) is 20.4. The van der Waals surface area contributed by atoms with E-state index in [-0.39, 0.29) is 11.8 Å². The third-order valence-corrected chi connectivity index (χ3v) is 5.52. The standard InChI is InChI=1S/C28H33N3O3/c1-20-11-5-7-13-23(20)27(32)29-22-15-16-26(34-18-10-9-17-31(3)4)25(19-22)30-28(33)24-14-8-6-12-21(24)2/h5-8,11-16,19H,9-10,17-18H2,1-4H3,(H,29,32)(H,30,33). The highest BCUT2D eigenvalue weighted by Crippen LogP contribution is 2.29. The lowest BCUT2D eigenvalue weighted by Gasteiger charge is -2.16. The highest BCUT2D eigenvalue weighted by atomic mass is 16.5. The number of rotatable bonds is 10. The number of unbranched alkanes of at least 4 members (excludes halogenated alkanes) is 1. The second-order valence-electron chi connectivity index (χ2n) is 8.61. The fraction of sp³-hybridized carbons (Fsp3) is 0.286. The van der Waals surface area contributed by atoms with Crippen LogP contribution in [0.15, 0.2) is 66.7 Å². The molecule has 2 amide bonds. The van der Waals surface area contributed by atoms with Crippen LogP contribution in [0.5, 0.6) is 5.75 Å². The molecule has 0 saturated carbocycles. The fourth-order valence-corrected chi connectivity index (χ4v) is 3.59. The molecule has 6 heteroatoms. The highest BCUT2D eigenvalue weighted by Gasteiger charge is 2.15. The molecule has 0 aliphatic carbocycles. The summed E-state index contributed by atoms with van der Waals surface area (Å²) in [6.07, 6.45) is 1.91. The predicted molar refractivity (Wildman–Crippen MR) is 138 cm³/mol. The first-order chi connectivity index (χ1) is 16.3. The molecule has 0 aromatic heterocycles. The summed E-state index contributed by atoms with van der Waals surface area (Å²) in [5.41, 5.74) is 4.07. The summed E-state index contributed by atoms with van der Waals surface area (Å²) in [6.45, 7) is 5.33. The predicted octanol–water partition coefficient (Wildman–Crippen LogP) is 5.53. The van der Waals surface area contributed by atoms with Crippen LogP contribution in [-0.4, -0.2) is 44.0 Å². The van der Waals surface area contributed by atoms with Crippen LogP contribution in [0.2, 0.25) is 0 Å². The maximum Gasteiger partial charge on any atom is 0.256 e. The van der Waals surface area contributed by atoms with Gasteiger partial charge in [0.05, 0.1) is 12.3 Å². The first-order valence-corrected chi connectivity index (χ1v) is 11.5. The Kier molecular flexibility index (Phi) is 8.82. The van der Waals surface area contributed by atoms with Gasteiger partial charge in [0.15, 0.2) is 0 Å². The van der Waals surface area contributed by atoms with Crippen LogP contribution in [0.1, 0.15) is 44.7 Å². The molecule has 0 radical (unpaired) electrons. The molecule has 0 aliphatic rings. The van der Waals surface area contributed by atoms with Crippen molar-refractivity contribution in [3.05, 3.63) is 89.0 Å². The van der Waals surface area contributed by atoms with E-state index in [0.29, 0.717) is 34.9 Å². The number of carbonyl (C=O) groups is 2. The number of anilines is 2. The van der Waals surface area contributed by atoms with Gasteiger partial charge in [-0.2, -0.15) is 0 Å². The Morgan fingerprint density at radius 3 is 1.97 bits per heavy atom. The van der Waals surface area contributed by atoms with Crippen LogP contribution in [0.3, 0.4) is 0 Å². The monoisotopic (exact) mass is 459 g/mol. The molecule has 0 aliphatic heterocycles. The van der Waals surface area contributed by atoms with E-state index >= 15 is 0 Å². The first-order valence-electron chi connectivity index (χ1n) is 11.5. The molecule has 2 N–H and O–H groups in total. The van der Waals surface area contributed by atoms with Crippen LogP contribution in [0, 0.1) is 13.8 Å². The quantitative estimate of drug-likeness (QED) is 0.391. The van der Waals surface area contributed by atoms with Gasteiger partial charge < -0.3 is 20.3 Å². The summed E-state index contributed by atoms with van der Waals surface area (Å²) < 4.78 is 6.00. The van der Waals surface area contributed by atoms with Crippen LogP contribution in [0.4, 0.5) is 11.4 Å². The molecule has 3 rings (SSSR count). The number of hydrogen-bond acceptors (Lipinski definition) is 4. The van der Waals surface area contributed by atoms with Crippen molar-refractivity contribution in [2.24, 2.45) is 0 Å². The number of ether oxygens (including phenoxy) is 1. The van der Waals surface area contributed by atoms with Crippen LogP contribution >= 0.6 is 0 Å². The Balaban J connectivity index is 1.79. The number of nitrogens with one attached hydrogen (secondary N) is 2. The molecule has 0 unspecified atom stereocenters. The van der Waals surface area contributed by atoms with Crippen molar-refractivity contribution in [1.82, 2.24) is 4.90 Å². The van der Waals surface area contributed by atoms with E-state index in [2.05, 4.69) is 15.5 Å². The van der Waals surface area contributed by atoms with Crippen molar-refractivity contribution in [2.75, 3.05) is 37.9 Å². The zero-order chi connectivity index (χ0) is 24.5. The van der Waals surface area contributed by atoms with E-state index in [4.69, 9.17) is 4.74 Å². The molecule has 0 atom stereocenters. The van der Waals surface area contributed by atoms with E-state index in [0.717, 1.165) is 30.5 Å². The third kappa shape index (κ3) is 6.93. The molecule has 0 spiro atoms. The van der Waals surface area contributed by atoms with Gasteiger partial charge in [0, 0.05) is 16.8 Å². The maximum atomic E-state index is 13.0. The van der Waals surface area contributed by atoms with Gasteiger partial charge in [0.25, 0.3) is 11.8 Å². The summed E-state index contributed by atoms with van der Waals surface area (Å²) in [5, 5.41) is 5.90. The molecule has 0 saturated heterocycles. The van der Waals surface area contributed by atoms with Crippen LogP contribution < -0.4 is 15.4 Å². The summed E-state index contributed by atoms with van der Waals surface area (Å²) in [6, 6.07) is 20.2. The van der Waals surface area contributed by atoms with Crippen molar-refractivity contribution in [3.63, 3.8) is 0 Å². The molecule has 3 aromatic carbocycles. The van der Waals surface area contributed by atoms with Gasteiger partial charge in [0.1, 0.15) is 5.75 Å². The summed E-state index contributed by atoms with van der Waals surface area (Å²) in [4.78, 5) is 27.9. The van der Waals surface area contributed by atoms with E-state index in [1.54, 1.807) is 30.3 Å². The average Bonchev–Trinajstić information content (AvgIpc) is 2.80. The first kappa shape index (κ1) is 25.0. The molecule has 0 heterocycles. The van der Waals surface area contributed by atoms with Gasteiger partial charge in [-0.1, -0.05) is 36.4 Å². The molecule has 178 valence electrons. The number of aryl methyl sites for hydroxylation is 2. The van der Waals surface area contributed by atoms with E-state index in [1.165, 1.54) is 0 Å². The third-order valence-electron chi connectivity index (χ3n) is 5.52. The molecule has 6 nitrogen and oxygen atoms in total. The van der Waals surface area contributed by atoms with Crippen molar-refractivity contribution in [3.8, 4) is 5.75 Å². The number of nitrogens with zero attached hydrogens (tertiary/aromatic N) is 1. The van der Waals surface area contributed by atoms with Gasteiger partial charge in [0.2, 0.25) is 0 Å². The normalized spacial score (nSPS) is 10.7. The Morgan fingerprint density at radius 1 is 0.794 bits per heavy atom. The van der Waals surface area contributed by atoms with E-state index in [1.807, 2.05) is 64.3 Å². The molecular weight excluding hydrogens is 426 g/mol. The number of amides is 2. The minimum atomic E-state index is -0.224. The molecular formula is C28H33N3O3. The Hall–Kier alpha value is -3.64. The topological polar surface area (TPSA) is 70.7 Å². The largest absolute Gasteiger partial charge is 0.491 e. The SMILES string of the molecule is Cc1ccccc1C(=O)Nc1ccc(OCCCCN(C)C)c(NC(=O)c2ccccc2C)c1. The van der Waals surface area contributed by atoms with Crippen molar-refractivity contribution < 1.29 is 14.3 Å². The lowest BCUT2D eigenvalue weighted by atomic mass is 10.1. The summed E-state index contributed by atoms with van der Waals surface area (Å²) in [5.74, 6) is 0.144. The summed E-state index contributed by atoms with van der Waals surface area (Å²) >= 11 is 0. The van der Waals surface area contributed by atoms with Gasteiger partial charge in [-0.25, -0.2) is 0 Å². The lowest BCUT2D eigenvalue weighted by Crippen LogP contribution is -2.16. The second kappa shape index (κ2) is 12.0. The lowest BCUT2D eigenvalue weighted by molar-refractivity contribution is 0.101. The van der Waals surface area contributed by atoms with Gasteiger partial charge >= 0.3 is 0 Å². The van der Waals surface area contributed by atoms with E-state index in [9.17, 15) is 9.59 Å². The second-order valence-corrected chi connectivity index (χ2v) is 8.61. The van der Waals surface area contributed by atoms with Crippen LogP contribution in [-0.2, 0) is 0 Å². The number of benzene rings is 3. The zero-order valence-corrected chi connectivity index (χ0v) is 20.4. The molecule has 0 bridgehead atoms. The molecule has 3 aromatic rings. The highest BCUT2D eigenvalue weighted by molar-refractivity contribution is 6.08. The Morgan fingerprint density at radius 2 is 1.38 bits per heavy atom. The van der Waals surface area contributed by atoms with Gasteiger partial charge in [-0.3, -0.25) is 9.59 Å². The number of carbonyl (C=O) groups excluding carboxylic acids is 2. The van der Waals surface area contributed by atoms with Gasteiger partial charge in [-0.05, 0) is 88.8 Å². The van der Waals surface area contributed by atoms with Crippen molar-refractivity contribution >= 4 is 23.2 Å². The van der Waals surface area contributed by atoms with Crippen molar-refractivity contribution in [2.45, 2.75) is 26.7 Å². The minimum Gasteiger partial charge on any atom is -0.491 e. The Bertz CT molecular complexity index is 1140. The average molecular weight is 460 g/mol. The van der Waals surface area contributed by atoms with E-state index < -0.39 is 0 Å². The van der Waals surface area contributed by atoms with Gasteiger partial charge in [-0.15, -0.1) is 0 Å².